The van der Waals surface area contributed by atoms with E-state index < -0.39 is 0 Å². The van der Waals surface area contributed by atoms with Gasteiger partial charge in [-0.05, 0) is 107 Å². The summed E-state index contributed by atoms with van der Waals surface area (Å²) in [5.74, 6) is 0. The lowest BCUT2D eigenvalue weighted by atomic mass is 9.84. The van der Waals surface area contributed by atoms with Gasteiger partial charge in [0.05, 0.1) is 0 Å². The molecule has 0 saturated carbocycles. The highest BCUT2D eigenvalue weighted by Crippen LogP contribution is 2.48. The van der Waals surface area contributed by atoms with Gasteiger partial charge in [0.25, 0.3) is 0 Å². The SMILES string of the molecule is c1cc(-c2ccc3sc4ccc5ccc6sc7ccccc7c6c5c4c3c2)cc(-c2c3ccccc3c(-c3cccc4ccccc34)c3ccccc23)c1. The minimum Gasteiger partial charge on any atom is -0.135 e. The molecule has 0 amide bonds. The van der Waals surface area contributed by atoms with Gasteiger partial charge in [0.1, 0.15) is 0 Å². The number of hydrogen-bond donors (Lipinski definition) is 0. The lowest BCUT2D eigenvalue weighted by Gasteiger charge is -2.19. The largest absolute Gasteiger partial charge is 0.135 e. The van der Waals surface area contributed by atoms with Gasteiger partial charge in [-0.1, -0.05) is 146 Å². The molecule has 2 aromatic heterocycles. The summed E-state index contributed by atoms with van der Waals surface area (Å²) in [6.07, 6.45) is 0. The Hall–Kier alpha value is -6.32. The first-order valence-corrected chi connectivity index (χ1v) is 20.1. The quantitative estimate of drug-likeness (QED) is 0.160. The maximum Gasteiger partial charge on any atom is 0.0362 e. The molecule has 0 saturated heterocycles. The van der Waals surface area contributed by atoms with E-state index in [1.54, 1.807) is 0 Å². The first kappa shape index (κ1) is 30.2. The lowest BCUT2D eigenvalue weighted by Crippen LogP contribution is -1.92. The molecule has 0 fully saturated rings. The van der Waals surface area contributed by atoms with E-state index in [4.69, 9.17) is 0 Å². The average Bonchev–Trinajstić information content (AvgIpc) is 3.81. The first-order chi connectivity index (χ1) is 26.8. The Morgan fingerprint density at radius 2 is 0.778 bits per heavy atom. The zero-order valence-electron chi connectivity index (χ0n) is 29.1. The van der Waals surface area contributed by atoms with Crippen LogP contribution >= 0.6 is 22.7 Å². The molecule has 0 spiro atoms. The van der Waals surface area contributed by atoms with Gasteiger partial charge in [0.15, 0.2) is 0 Å². The maximum atomic E-state index is 2.44. The van der Waals surface area contributed by atoms with E-state index in [-0.39, 0.29) is 0 Å². The van der Waals surface area contributed by atoms with E-state index in [1.165, 1.54) is 117 Å². The molecule has 250 valence electrons. The van der Waals surface area contributed by atoms with Crippen LogP contribution in [0.25, 0.3) is 117 Å². The molecule has 0 nitrogen and oxygen atoms in total. The molecule has 12 aromatic rings. The van der Waals surface area contributed by atoms with Crippen LogP contribution in [0.2, 0.25) is 0 Å². The van der Waals surface area contributed by atoms with Crippen LogP contribution in [0.1, 0.15) is 0 Å². The first-order valence-electron chi connectivity index (χ1n) is 18.5. The summed E-state index contributed by atoms with van der Waals surface area (Å²) < 4.78 is 5.37. The standard InChI is InChI=1S/C52H30S2/c1-2-15-36-31(11-1)12-10-21-37(36)50-40-18-5-3-16-38(40)48(39-17-4-6-19-41(39)50)35-14-9-13-33(29-35)34-25-26-45-43(30-34)52-47(54-45)28-24-32-23-27-46-51(49(32)52)42-20-7-8-22-44(42)53-46/h1-30H. The van der Waals surface area contributed by atoms with Crippen LogP contribution in [0, 0.1) is 0 Å². The molecule has 0 aliphatic heterocycles. The summed E-state index contributed by atoms with van der Waals surface area (Å²) in [4.78, 5) is 0. The van der Waals surface area contributed by atoms with E-state index in [0.29, 0.717) is 0 Å². The van der Waals surface area contributed by atoms with Crippen LogP contribution < -0.4 is 0 Å². The summed E-state index contributed by atoms with van der Waals surface area (Å²) in [6, 6.07) is 67.8. The minimum absolute atomic E-state index is 1.23. The summed E-state index contributed by atoms with van der Waals surface area (Å²) >= 11 is 3.80. The summed E-state index contributed by atoms with van der Waals surface area (Å²) in [5.41, 5.74) is 7.56. The molecular formula is C52H30S2. The van der Waals surface area contributed by atoms with Gasteiger partial charge in [-0.3, -0.25) is 0 Å². The zero-order chi connectivity index (χ0) is 35.3. The normalized spacial score (nSPS) is 12.1. The van der Waals surface area contributed by atoms with Crippen molar-refractivity contribution in [3.05, 3.63) is 182 Å². The molecule has 0 atom stereocenters. The van der Waals surface area contributed by atoms with Gasteiger partial charge in [0.2, 0.25) is 0 Å². The third-order valence-corrected chi connectivity index (χ3v) is 13.7. The van der Waals surface area contributed by atoms with E-state index in [1.807, 2.05) is 22.7 Å². The Balaban J connectivity index is 1.09. The van der Waals surface area contributed by atoms with Crippen molar-refractivity contribution < 1.29 is 0 Å². The smallest absolute Gasteiger partial charge is 0.0362 e. The Labute approximate surface area is 319 Å². The van der Waals surface area contributed by atoms with Crippen molar-refractivity contribution in [2.24, 2.45) is 0 Å². The fourth-order valence-corrected chi connectivity index (χ4v) is 11.3. The number of hydrogen-bond acceptors (Lipinski definition) is 2. The monoisotopic (exact) mass is 718 g/mol. The van der Waals surface area contributed by atoms with Crippen LogP contribution in [0.5, 0.6) is 0 Å². The Bertz CT molecular complexity index is 3440. The van der Waals surface area contributed by atoms with Crippen molar-refractivity contribution in [2.75, 3.05) is 0 Å². The van der Waals surface area contributed by atoms with E-state index in [9.17, 15) is 0 Å². The molecule has 54 heavy (non-hydrogen) atoms. The molecule has 0 unspecified atom stereocenters. The van der Waals surface area contributed by atoms with Gasteiger partial charge in [-0.25, -0.2) is 0 Å². The van der Waals surface area contributed by atoms with Crippen LogP contribution in [0.15, 0.2) is 182 Å². The topological polar surface area (TPSA) is 0 Å². The fraction of sp³-hybridized carbons (Fsp3) is 0. The Morgan fingerprint density at radius 3 is 1.52 bits per heavy atom. The van der Waals surface area contributed by atoms with Crippen molar-refractivity contribution in [3.8, 4) is 33.4 Å². The summed E-state index contributed by atoms with van der Waals surface area (Å²) in [7, 11) is 0. The van der Waals surface area contributed by atoms with Crippen molar-refractivity contribution in [2.45, 2.75) is 0 Å². The molecular weight excluding hydrogens is 689 g/mol. The van der Waals surface area contributed by atoms with Crippen molar-refractivity contribution in [3.63, 3.8) is 0 Å². The van der Waals surface area contributed by atoms with Gasteiger partial charge >= 0.3 is 0 Å². The second-order valence-electron chi connectivity index (χ2n) is 14.3. The van der Waals surface area contributed by atoms with Crippen LogP contribution in [0.4, 0.5) is 0 Å². The Kier molecular flexibility index (Phi) is 6.48. The maximum absolute atomic E-state index is 2.44. The van der Waals surface area contributed by atoms with Crippen molar-refractivity contribution in [1.29, 1.82) is 0 Å². The number of thiophene rings is 2. The summed E-state index contributed by atoms with van der Waals surface area (Å²) in [5, 5.41) is 15.8. The van der Waals surface area contributed by atoms with E-state index in [0.717, 1.165) is 0 Å². The molecule has 10 aromatic carbocycles. The third kappa shape index (κ3) is 4.36. The van der Waals surface area contributed by atoms with Crippen LogP contribution in [0.3, 0.4) is 0 Å². The average molecular weight is 719 g/mol. The van der Waals surface area contributed by atoms with Gasteiger partial charge < -0.3 is 0 Å². The number of fused-ring (bicyclic) bond motifs is 12. The predicted molar refractivity (Wildman–Crippen MR) is 239 cm³/mol. The molecule has 0 aliphatic carbocycles. The highest BCUT2D eigenvalue weighted by atomic mass is 32.1. The van der Waals surface area contributed by atoms with Gasteiger partial charge in [-0.2, -0.15) is 0 Å². The fourth-order valence-electron chi connectivity index (χ4n) is 9.11. The number of benzene rings is 10. The molecule has 12 rings (SSSR count). The number of rotatable bonds is 3. The van der Waals surface area contributed by atoms with Gasteiger partial charge in [-0.15, -0.1) is 22.7 Å². The van der Waals surface area contributed by atoms with Crippen molar-refractivity contribution in [1.82, 2.24) is 0 Å². The molecule has 0 bridgehead atoms. The predicted octanol–water partition coefficient (Wildman–Crippen LogP) is 16.0. The third-order valence-electron chi connectivity index (χ3n) is 11.4. The van der Waals surface area contributed by atoms with E-state index in [2.05, 4.69) is 182 Å². The summed E-state index contributed by atoms with van der Waals surface area (Å²) in [6.45, 7) is 0. The van der Waals surface area contributed by atoms with Crippen molar-refractivity contribution >= 4 is 106 Å². The molecule has 0 radical (unpaired) electrons. The molecule has 0 N–H and O–H groups in total. The van der Waals surface area contributed by atoms with Crippen LogP contribution in [-0.4, -0.2) is 0 Å². The highest BCUT2D eigenvalue weighted by molar-refractivity contribution is 7.27. The van der Waals surface area contributed by atoms with Crippen LogP contribution in [-0.2, 0) is 0 Å². The Morgan fingerprint density at radius 1 is 0.259 bits per heavy atom. The molecule has 2 heteroatoms. The van der Waals surface area contributed by atoms with Gasteiger partial charge in [0, 0.05) is 45.7 Å². The second-order valence-corrected chi connectivity index (χ2v) is 16.5. The molecule has 0 aliphatic rings. The lowest BCUT2D eigenvalue weighted by molar-refractivity contribution is 1.63. The minimum atomic E-state index is 1.23. The second kappa shape index (κ2) is 11.6. The highest BCUT2D eigenvalue weighted by Gasteiger charge is 2.19. The van der Waals surface area contributed by atoms with E-state index >= 15 is 0 Å². The zero-order valence-corrected chi connectivity index (χ0v) is 30.8. The molecule has 2 heterocycles.